The molecular formula is C20H17FN6O2S. The molecule has 30 heavy (non-hydrogen) atoms. The lowest BCUT2D eigenvalue weighted by molar-refractivity contribution is 0.386. The van der Waals surface area contributed by atoms with E-state index in [-0.39, 0.29) is 11.6 Å². The zero-order chi connectivity index (χ0) is 21.0. The quantitative estimate of drug-likeness (QED) is 0.456. The number of rotatable bonds is 4. The van der Waals surface area contributed by atoms with E-state index in [2.05, 4.69) is 25.0 Å². The molecule has 0 radical (unpaired) electrons. The Balaban J connectivity index is 1.59. The van der Waals surface area contributed by atoms with Crippen molar-refractivity contribution in [1.82, 2.24) is 19.4 Å². The van der Waals surface area contributed by atoms with Gasteiger partial charge >= 0.3 is 0 Å². The van der Waals surface area contributed by atoms with Gasteiger partial charge in [0.2, 0.25) is 5.88 Å². The van der Waals surface area contributed by atoms with Crippen LogP contribution in [0.1, 0.15) is 11.4 Å². The van der Waals surface area contributed by atoms with Gasteiger partial charge in [0, 0.05) is 30.2 Å². The molecule has 5 rings (SSSR count). The van der Waals surface area contributed by atoms with E-state index in [1.807, 2.05) is 24.4 Å². The van der Waals surface area contributed by atoms with Crippen molar-refractivity contribution < 1.29 is 13.3 Å². The molecule has 152 valence electrons. The SMILES string of the molecule is COc1ncc(C)cc1S(=O)Nc1cc(F)c2c(c1)-c1nc(C)n3ccnc(c13)N2. The summed E-state index contributed by atoms with van der Waals surface area (Å²) in [5.41, 5.74) is 3.42. The number of pyridine rings is 1. The predicted octanol–water partition coefficient (Wildman–Crippen LogP) is 3.75. The van der Waals surface area contributed by atoms with Gasteiger partial charge in [-0.2, -0.15) is 0 Å². The summed E-state index contributed by atoms with van der Waals surface area (Å²) in [7, 11) is -0.246. The summed E-state index contributed by atoms with van der Waals surface area (Å²) in [4.78, 5) is 13.4. The largest absolute Gasteiger partial charge is 0.480 e. The van der Waals surface area contributed by atoms with Gasteiger partial charge in [-0.15, -0.1) is 0 Å². The molecule has 0 fully saturated rings. The Kier molecular flexibility index (Phi) is 4.17. The van der Waals surface area contributed by atoms with Crippen LogP contribution in [-0.4, -0.2) is 30.7 Å². The van der Waals surface area contributed by atoms with E-state index in [4.69, 9.17) is 4.74 Å². The number of hydrogen-bond acceptors (Lipinski definition) is 6. The minimum absolute atomic E-state index is 0.248. The fourth-order valence-corrected chi connectivity index (χ4v) is 4.57. The van der Waals surface area contributed by atoms with Crippen LogP contribution in [0.3, 0.4) is 0 Å². The second kappa shape index (κ2) is 6.77. The Labute approximate surface area is 173 Å². The summed E-state index contributed by atoms with van der Waals surface area (Å²) < 4.78 is 37.9. The molecule has 1 aromatic carbocycles. The monoisotopic (exact) mass is 424 g/mol. The van der Waals surface area contributed by atoms with E-state index >= 15 is 0 Å². The fourth-order valence-electron chi connectivity index (χ4n) is 3.54. The average Bonchev–Trinajstić information content (AvgIpc) is 3.07. The molecule has 2 N–H and O–H groups in total. The first kappa shape index (κ1) is 18.5. The summed E-state index contributed by atoms with van der Waals surface area (Å²) in [5.74, 6) is 1.05. The highest BCUT2D eigenvalue weighted by Gasteiger charge is 2.26. The minimum atomic E-state index is -1.70. The number of methoxy groups -OCH3 is 1. The molecule has 0 aliphatic carbocycles. The first-order chi connectivity index (χ1) is 14.5. The van der Waals surface area contributed by atoms with Crippen molar-refractivity contribution >= 4 is 33.7 Å². The second-order valence-electron chi connectivity index (χ2n) is 6.90. The van der Waals surface area contributed by atoms with E-state index in [0.717, 1.165) is 16.9 Å². The molecular weight excluding hydrogens is 407 g/mol. The molecule has 0 amide bonds. The van der Waals surface area contributed by atoms with Crippen LogP contribution in [0.15, 0.2) is 41.7 Å². The summed E-state index contributed by atoms with van der Waals surface area (Å²) in [5, 5.41) is 3.04. The Morgan fingerprint density at radius 1 is 1.23 bits per heavy atom. The standard InChI is InChI=1S/C20H17FN6O2S/c1-10-6-15(20(29-3)23-9-10)30(28)26-12-7-13-16(14(21)8-12)25-19-18-17(13)24-11(2)27(18)5-4-22-19/h4-9,26H,1-3H3,(H,22,25). The average molecular weight is 424 g/mol. The molecule has 0 saturated heterocycles. The highest BCUT2D eigenvalue weighted by molar-refractivity contribution is 7.86. The zero-order valence-corrected chi connectivity index (χ0v) is 17.2. The van der Waals surface area contributed by atoms with Crippen molar-refractivity contribution in [2.45, 2.75) is 18.7 Å². The van der Waals surface area contributed by atoms with Crippen molar-refractivity contribution in [2.24, 2.45) is 0 Å². The molecule has 10 heteroatoms. The number of anilines is 3. The lowest BCUT2D eigenvalue weighted by atomic mass is 10.0. The summed E-state index contributed by atoms with van der Waals surface area (Å²) >= 11 is 0. The number of ether oxygens (including phenoxy) is 1. The van der Waals surface area contributed by atoms with Crippen LogP contribution in [0.4, 0.5) is 21.6 Å². The number of aryl methyl sites for hydroxylation is 2. The maximum Gasteiger partial charge on any atom is 0.231 e. The van der Waals surface area contributed by atoms with E-state index in [9.17, 15) is 8.60 Å². The Morgan fingerprint density at radius 2 is 2.07 bits per heavy atom. The number of hydrogen-bond donors (Lipinski definition) is 2. The van der Waals surface area contributed by atoms with Crippen molar-refractivity contribution in [3.05, 3.63) is 54.0 Å². The van der Waals surface area contributed by atoms with E-state index in [1.165, 1.54) is 13.2 Å². The number of nitrogens with zero attached hydrogens (tertiary/aromatic N) is 4. The highest BCUT2D eigenvalue weighted by atomic mass is 32.2. The van der Waals surface area contributed by atoms with Crippen molar-refractivity contribution in [3.63, 3.8) is 0 Å². The molecule has 4 heterocycles. The number of fused-ring (bicyclic) bond motifs is 2. The molecule has 1 unspecified atom stereocenters. The molecule has 8 nitrogen and oxygen atoms in total. The molecule has 0 bridgehead atoms. The van der Waals surface area contributed by atoms with E-state index < -0.39 is 16.8 Å². The van der Waals surface area contributed by atoms with Crippen LogP contribution in [-0.2, 0) is 11.0 Å². The van der Waals surface area contributed by atoms with Crippen LogP contribution in [0.5, 0.6) is 5.88 Å². The van der Waals surface area contributed by atoms with Crippen LogP contribution >= 0.6 is 0 Å². The summed E-state index contributed by atoms with van der Waals surface area (Å²) in [6.07, 6.45) is 5.07. The molecule has 4 aromatic rings. The highest BCUT2D eigenvalue weighted by Crippen LogP contribution is 2.43. The van der Waals surface area contributed by atoms with Gasteiger partial charge in [0.15, 0.2) is 16.8 Å². The maximum absolute atomic E-state index is 15.0. The third kappa shape index (κ3) is 2.79. The van der Waals surface area contributed by atoms with Crippen molar-refractivity contribution in [1.29, 1.82) is 0 Å². The van der Waals surface area contributed by atoms with Gasteiger partial charge in [0.1, 0.15) is 27.7 Å². The predicted molar refractivity (Wildman–Crippen MR) is 112 cm³/mol. The third-order valence-electron chi connectivity index (χ3n) is 4.88. The van der Waals surface area contributed by atoms with Gasteiger partial charge in [-0.25, -0.2) is 23.6 Å². The Bertz CT molecular complexity index is 1350. The van der Waals surface area contributed by atoms with Gasteiger partial charge in [-0.3, -0.25) is 4.40 Å². The van der Waals surface area contributed by atoms with Crippen LogP contribution in [0.2, 0.25) is 0 Å². The molecule has 3 aromatic heterocycles. The first-order valence-electron chi connectivity index (χ1n) is 9.10. The smallest absolute Gasteiger partial charge is 0.231 e. The minimum Gasteiger partial charge on any atom is -0.480 e. The lowest BCUT2D eigenvalue weighted by Gasteiger charge is -2.19. The topological polar surface area (TPSA) is 93.4 Å². The molecule has 1 atom stereocenters. The number of halogens is 1. The molecule has 1 aliphatic heterocycles. The van der Waals surface area contributed by atoms with Crippen LogP contribution in [0, 0.1) is 19.7 Å². The molecule has 0 saturated carbocycles. The number of nitrogens with one attached hydrogen (secondary N) is 2. The van der Waals surface area contributed by atoms with Gasteiger partial charge in [0.05, 0.1) is 18.5 Å². The molecule has 0 spiro atoms. The van der Waals surface area contributed by atoms with Crippen molar-refractivity contribution in [3.8, 4) is 17.1 Å². The third-order valence-corrected chi connectivity index (χ3v) is 5.99. The van der Waals surface area contributed by atoms with Crippen molar-refractivity contribution in [2.75, 3.05) is 17.1 Å². The summed E-state index contributed by atoms with van der Waals surface area (Å²) in [6.45, 7) is 3.71. The van der Waals surface area contributed by atoms with Gasteiger partial charge in [0.25, 0.3) is 0 Å². The van der Waals surface area contributed by atoms with E-state index in [1.54, 1.807) is 24.5 Å². The number of imidazole rings is 1. The van der Waals surface area contributed by atoms with Crippen LogP contribution < -0.4 is 14.8 Å². The normalized spacial score (nSPS) is 12.9. The Hall–Kier alpha value is -3.53. The van der Waals surface area contributed by atoms with E-state index in [0.29, 0.717) is 27.7 Å². The van der Waals surface area contributed by atoms with Gasteiger partial charge in [-0.1, -0.05) is 0 Å². The summed E-state index contributed by atoms with van der Waals surface area (Å²) in [6, 6.07) is 4.72. The van der Waals surface area contributed by atoms with Gasteiger partial charge in [-0.05, 0) is 31.5 Å². The van der Waals surface area contributed by atoms with Crippen LogP contribution in [0.25, 0.3) is 16.8 Å². The fraction of sp³-hybridized carbons (Fsp3) is 0.150. The Morgan fingerprint density at radius 3 is 2.87 bits per heavy atom. The molecule has 1 aliphatic rings. The number of benzene rings is 1. The zero-order valence-electron chi connectivity index (χ0n) is 16.4. The number of aromatic nitrogens is 4. The maximum atomic E-state index is 15.0. The first-order valence-corrected chi connectivity index (χ1v) is 10.2. The lowest BCUT2D eigenvalue weighted by Crippen LogP contribution is -2.10. The van der Waals surface area contributed by atoms with Gasteiger partial charge < -0.3 is 14.8 Å². The second-order valence-corrected chi connectivity index (χ2v) is 8.08.